The van der Waals surface area contributed by atoms with Crippen LogP contribution in [0.5, 0.6) is 5.75 Å². The molecule has 0 spiro atoms. The summed E-state index contributed by atoms with van der Waals surface area (Å²) in [6.07, 6.45) is 8.25. The standard InChI is InChI=1S/C19H29Br3OSi/c1-3-6-16-7-4-5-8-19(16)17-9-11-18(12-10-17)23-13-15(2)14-24(20,21)22/h9-12,15-16,19H,3-8,13-14H2,1-2H3. The van der Waals surface area contributed by atoms with Crippen molar-refractivity contribution < 1.29 is 4.74 Å². The van der Waals surface area contributed by atoms with E-state index >= 15 is 0 Å². The van der Waals surface area contributed by atoms with Gasteiger partial charge in [0.05, 0.1) is 6.61 Å². The average molecular weight is 541 g/mol. The monoisotopic (exact) mass is 538 g/mol. The molecular weight excluding hydrogens is 512 g/mol. The minimum atomic E-state index is -1.55. The quantitative estimate of drug-likeness (QED) is 0.240. The zero-order valence-electron chi connectivity index (χ0n) is 14.7. The highest BCUT2D eigenvalue weighted by atomic mass is 80.0. The van der Waals surface area contributed by atoms with Gasteiger partial charge in [0.15, 0.2) is 0 Å². The van der Waals surface area contributed by atoms with Crippen LogP contribution in [0.3, 0.4) is 0 Å². The molecule has 0 aliphatic heterocycles. The molecule has 24 heavy (non-hydrogen) atoms. The third kappa shape index (κ3) is 7.12. The van der Waals surface area contributed by atoms with E-state index in [0.29, 0.717) is 5.92 Å². The second-order valence-electron chi connectivity index (χ2n) is 7.24. The number of hydrogen-bond acceptors (Lipinski definition) is 1. The van der Waals surface area contributed by atoms with Gasteiger partial charge in [-0.05, 0) is 54.3 Å². The van der Waals surface area contributed by atoms with Crippen molar-refractivity contribution in [2.24, 2.45) is 11.8 Å². The van der Waals surface area contributed by atoms with Crippen LogP contribution in [-0.2, 0) is 0 Å². The topological polar surface area (TPSA) is 9.23 Å². The Morgan fingerprint density at radius 2 is 1.79 bits per heavy atom. The predicted octanol–water partition coefficient (Wildman–Crippen LogP) is 7.90. The molecule has 1 saturated carbocycles. The lowest BCUT2D eigenvalue weighted by molar-refractivity contribution is 0.270. The molecule has 136 valence electrons. The SMILES string of the molecule is CCCC1CCCCC1c1ccc(OCC(C)C[Si](Br)(Br)Br)cc1. The second-order valence-corrected chi connectivity index (χ2v) is 30.6. The second kappa shape index (κ2) is 10.1. The van der Waals surface area contributed by atoms with Gasteiger partial charge in [-0.3, -0.25) is 0 Å². The summed E-state index contributed by atoms with van der Waals surface area (Å²) >= 11 is 11.1. The Morgan fingerprint density at radius 1 is 1.12 bits per heavy atom. The van der Waals surface area contributed by atoms with Crippen molar-refractivity contribution in [1.29, 1.82) is 0 Å². The van der Waals surface area contributed by atoms with E-state index in [2.05, 4.69) is 84.0 Å². The summed E-state index contributed by atoms with van der Waals surface area (Å²) in [6, 6.07) is 10.0. The molecule has 0 amide bonds. The van der Waals surface area contributed by atoms with Crippen LogP contribution in [0.15, 0.2) is 24.3 Å². The van der Waals surface area contributed by atoms with Crippen LogP contribution >= 0.6 is 45.9 Å². The normalized spacial score (nSPS) is 23.0. The van der Waals surface area contributed by atoms with Gasteiger partial charge in [-0.15, -0.1) is 0 Å². The lowest BCUT2D eigenvalue weighted by Crippen LogP contribution is -2.18. The highest BCUT2D eigenvalue weighted by Gasteiger charge is 2.26. The van der Waals surface area contributed by atoms with Crippen LogP contribution < -0.4 is 4.74 Å². The third-order valence-corrected chi connectivity index (χ3v) is 9.06. The van der Waals surface area contributed by atoms with Gasteiger partial charge < -0.3 is 4.74 Å². The van der Waals surface area contributed by atoms with E-state index < -0.39 is 3.93 Å². The molecule has 3 unspecified atom stereocenters. The molecule has 5 heteroatoms. The van der Waals surface area contributed by atoms with Gasteiger partial charge in [0, 0.05) is 0 Å². The van der Waals surface area contributed by atoms with Crippen LogP contribution in [0.2, 0.25) is 6.04 Å². The van der Waals surface area contributed by atoms with Crippen molar-refractivity contribution in [1.82, 2.24) is 0 Å². The van der Waals surface area contributed by atoms with Gasteiger partial charge in [-0.1, -0.05) is 97.5 Å². The molecule has 2 rings (SSSR count). The van der Waals surface area contributed by atoms with Crippen molar-refractivity contribution >= 4 is 49.8 Å². The maximum Gasteiger partial charge on any atom is 0.267 e. The molecule has 3 atom stereocenters. The van der Waals surface area contributed by atoms with Crippen LogP contribution in [-0.4, -0.2) is 10.5 Å². The van der Waals surface area contributed by atoms with E-state index in [1.165, 1.54) is 44.1 Å². The Bertz CT molecular complexity index is 484. The molecule has 1 aromatic rings. The summed E-state index contributed by atoms with van der Waals surface area (Å²) in [5.41, 5.74) is 1.52. The Hall–Kier alpha value is 0.677. The van der Waals surface area contributed by atoms with Gasteiger partial charge in [-0.2, -0.15) is 0 Å². The molecule has 1 aromatic carbocycles. The fourth-order valence-electron chi connectivity index (χ4n) is 3.87. The minimum absolute atomic E-state index is 0.516. The molecular formula is C19H29Br3OSi. The van der Waals surface area contributed by atoms with Crippen LogP contribution in [0.25, 0.3) is 0 Å². The molecule has 0 aromatic heterocycles. The van der Waals surface area contributed by atoms with E-state index in [-0.39, 0.29) is 0 Å². The number of rotatable bonds is 8. The van der Waals surface area contributed by atoms with E-state index in [1.807, 2.05) is 0 Å². The van der Waals surface area contributed by atoms with E-state index in [9.17, 15) is 0 Å². The Kier molecular flexibility index (Phi) is 8.85. The highest BCUT2D eigenvalue weighted by Crippen LogP contribution is 2.40. The van der Waals surface area contributed by atoms with E-state index in [1.54, 1.807) is 0 Å². The molecule has 0 saturated heterocycles. The van der Waals surface area contributed by atoms with Crippen molar-refractivity contribution in [3.8, 4) is 5.75 Å². The third-order valence-electron chi connectivity index (χ3n) is 4.99. The summed E-state index contributed by atoms with van der Waals surface area (Å²) in [4.78, 5) is 0. The molecule has 0 radical (unpaired) electrons. The molecule has 1 fully saturated rings. The van der Waals surface area contributed by atoms with Crippen LogP contribution in [0.1, 0.15) is 63.9 Å². The van der Waals surface area contributed by atoms with Gasteiger partial charge in [0.2, 0.25) is 0 Å². The number of halogens is 3. The van der Waals surface area contributed by atoms with Crippen LogP contribution in [0.4, 0.5) is 0 Å². The Morgan fingerprint density at radius 3 is 2.42 bits per heavy atom. The Balaban J connectivity index is 1.90. The Labute approximate surface area is 172 Å². The first-order valence-electron chi connectivity index (χ1n) is 9.18. The predicted molar refractivity (Wildman–Crippen MR) is 118 cm³/mol. The van der Waals surface area contributed by atoms with Crippen LogP contribution in [0, 0.1) is 11.8 Å². The summed E-state index contributed by atoms with van der Waals surface area (Å²) in [7, 11) is 0. The first-order chi connectivity index (χ1) is 11.4. The lowest BCUT2D eigenvalue weighted by atomic mass is 9.73. The molecule has 1 aliphatic rings. The fraction of sp³-hybridized carbons (Fsp3) is 0.684. The number of benzene rings is 1. The minimum Gasteiger partial charge on any atom is -0.493 e. The zero-order chi connectivity index (χ0) is 17.6. The van der Waals surface area contributed by atoms with Gasteiger partial charge in [-0.25, -0.2) is 0 Å². The fourth-order valence-corrected chi connectivity index (χ4v) is 9.75. The zero-order valence-corrected chi connectivity index (χ0v) is 20.5. The van der Waals surface area contributed by atoms with Gasteiger partial charge in [0.1, 0.15) is 5.75 Å². The maximum absolute atomic E-state index is 5.99. The van der Waals surface area contributed by atoms with Crippen molar-refractivity contribution in [2.75, 3.05) is 6.61 Å². The van der Waals surface area contributed by atoms with Gasteiger partial charge in [0.25, 0.3) is 3.93 Å². The number of ether oxygens (including phenoxy) is 1. The summed E-state index contributed by atoms with van der Waals surface area (Å²) in [5, 5.41) is 0. The molecule has 0 N–H and O–H groups in total. The lowest BCUT2D eigenvalue weighted by Gasteiger charge is -2.32. The first kappa shape index (κ1) is 21.0. The molecule has 0 bridgehead atoms. The smallest absolute Gasteiger partial charge is 0.267 e. The van der Waals surface area contributed by atoms with E-state index in [0.717, 1.165) is 30.2 Å². The van der Waals surface area contributed by atoms with Gasteiger partial charge >= 0.3 is 0 Å². The summed E-state index contributed by atoms with van der Waals surface area (Å²) in [6.45, 7) is 5.31. The first-order valence-corrected chi connectivity index (χ1v) is 18.2. The molecule has 1 nitrogen and oxygen atoms in total. The highest BCUT2D eigenvalue weighted by molar-refractivity contribution is 9.72. The van der Waals surface area contributed by atoms with E-state index in [4.69, 9.17) is 4.74 Å². The summed E-state index contributed by atoms with van der Waals surface area (Å²) in [5.74, 6) is 3.15. The largest absolute Gasteiger partial charge is 0.493 e. The molecule has 1 aliphatic carbocycles. The average Bonchev–Trinajstić information content (AvgIpc) is 2.53. The summed E-state index contributed by atoms with van der Waals surface area (Å²) < 4.78 is 4.44. The van der Waals surface area contributed by atoms with Crippen molar-refractivity contribution in [3.63, 3.8) is 0 Å². The number of hydrogen-bond donors (Lipinski definition) is 0. The maximum atomic E-state index is 5.99. The van der Waals surface area contributed by atoms with Crippen molar-refractivity contribution in [3.05, 3.63) is 29.8 Å². The van der Waals surface area contributed by atoms with Crippen molar-refractivity contribution in [2.45, 2.75) is 64.3 Å². The molecule has 0 heterocycles.